The zero-order valence-electron chi connectivity index (χ0n) is 12.6. The second-order valence-electron chi connectivity index (χ2n) is 7.52. The minimum Gasteiger partial charge on any atom is -0.329 e. The highest BCUT2D eigenvalue weighted by molar-refractivity contribution is 4.98. The molecule has 3 fully saturated rings. The maximum Gasteiger partial charge on any atom is 0.391 e. The summed E-state index contributed by atoms with van der Waals surface area (Å²) < 4.78 is 38.4. The van der Waals surface area contributed by atoms with E-state index in [-0.39, 0.29) is 18.4 Å². The number of hydrogen-bond acceptors (Lipinski definition) is 2. The SMILES string of the molecule is NCC1(NCC(C2CC2)C2CC2)CCC(C(F)(F)F)CC1. The Labute approximate surface area is 125 Å². The lowest BCUT2D eigenvalue weighted by molar-refractivity contribution is -0.185. The number of rotatable bonds is 6. The molecule has 0 aliphatic heterocycles. The lowest BCUT2D eigenvalue weighted by atomic mass is 9.75. The fourth-order valence-corrected chi connectivity index (χ4v) is 4.05. The Morgan fingerprint density at radius 3 is 1.90 bits per heavy atom. The molecule has 0 aromatic carbocycles. The molecule has 0 heterocycles. The highest BCUT2D eigenvalue weighted by Gasteiger charge is 2.46. The summed E-state index contributed by atoms with van der Waals surface area (Å²) >= 11 is 0. The predicted molar refractivity (Wildman–Crippen MR) is 76.7 cm³/mol. The van der Waals surface area contributed by atoms with Crippen molar-refractivity contribution in [2.24, 2.45) is 29.4 Å². The van der Waals surface area contributed by atoms with Gasteiger partial charge in [0.1, 0.15) is 0 Å². The molecule has 0 saturated heterocycles. The first-order valence-electron chi connectivity index (χ1n) is 8.45. The molecule has 0 spiro atoms. The van der Waals surface area contributed by atoms with Crippen LogP contribution in [-0.4, -0.2) is 24.8 Å². The van der Waals surface area contributed by atoms with Crippen molar-refractivity contribution >= 4 is 0 Å². The van der Waals surface area contributed by atoms with E-state index in [1.807, 2.05) is 0 Å². The molecule has 0 aromatic rings. The van der Waals surface area contributed by atoms with E-state index in [2.05, 4.69) is 5.32 Å². The van der Waals surface area contributed by atoms with E-state index in [0.29, 0.717) is 19.4 Å². The number of nitrogens with two attached hydrogens (primary N) is 1. The van der Waals surface area contributed by atoms with Crippen molar-refractivity contribution in [1.29, 1.82) is 0 Å². The average Bonchev–Trinajstić information content (AvgIpc) is 3.32. The van der Waals surface area contributed by atoms with Crippen LogP contribution in [0.25, 0.3) is 0 Å². The Kier molecular flexibility index (Phi) is 4.25. The van der Waals surface area contributed by atoms with Crippen LogP contribution in [0.4, 0.5) is 13.2 Å². The molecule has 3 saturated carbocycles. The molecule has 21 heavy (non-hydrogen) atoms. The standard InChI is InChI=1S/C16H27F3N2/c17-16(18,19)13-5-7-15(10-20,8-6-13)21-9-14(11-1-2-11)12-3-4-12/h11-14,21H,1-10,20H2. The fourth-order valence-electron chi connectivity index (χ4n) is 4.05. The van der Waals surface area contributed by atoms with Gasteiger partial charge in [0.2, 0.25) is 0 Å². The summed E-state index contributed by atoms with van der Waals surface area (Å²) in [6.45, 7) is 1.42. The Hall–Kier alpha value is -0.290. The van der Waals surface area contributed by atoms with Crippen LogP contribution in [0, 0.1) is 23.7 Å². The molecule has 2 nitrogen and oxygen atoms in total. The van der Waals surface area contributed by atoms with E-state index < -0.39 is 12.1 Å². The topological polar surface area (TPSA) is 38.0 Å². The van der Waals surface area contributed by atoms with Gasteiger partial charge < -0.3 is 11.1 Å². The highest BCUT2D eigenvalue weighted by atomic mass is 19.4. The van der Waals surface area contributed by atoms with Crippen molar-refractivity contribution < 1.29 is 13.2 Å². The summed E-state index contributed by atoms with van der Waals surface area (Å²) in [6, 6.07) is 0. The summed E-state index contributed by atoms with van der Waals surface area (Å²) in [5.74, 6) is 1.35. The molecule has 0 unspecified atom stereocenters. The zero-order chi connectivity index (χ0) is 15.1. The molecule has 0 radical (unpaired) electrons. The third-order valence-corrected chi connectivity index (χ3v) is 5.96. The van der Waals surface area contributed by atoms with Crippen LogP contribution < -0.4 is 11.1 Å². The van der Waals surface area contributed by atoms with Gasteiger partial charge in [-0.15, -0.1) is 0 Å². The van der Waals surface area contributed by atoms with Crippen LogP contribution >= 0.6 is 0 Å². The van der Waals surface area contributed by atoms with Gasteiger partial charge in [0.05, 0.1) is 5.92 Å². The van der Waals surface area contributed by atoms with Crippen LogP contribution in [0.5, 0.6) is 0 Å². The third kappa shape index (κ3) is 3.73. The summed E-state index contributed by atoms with van der Waals surface area (Å²) in [5, 5.41) is 3.61. The molecule has 0 atom stereocenters. The second-order valence-corrected chi connectivity index (χ2v) is 7.52. The van der Waals surface area contributed by atoms with Crippen LogP contribution in [0.2, 0.25) is 0 Å². The fraction of sp³-hybridized carbons (Fsp3) is 1.00. The highest BCUT2D eigenvalue weighted by Crippen LogP contribution is 2.49. The van der Waals surface area contributed by atoms with Gasteiger partial charge in [0.15, 0.2) is 0 Å². The van der Waals surface area contributed by atoms with Gasteiger partial charge in [-0.3, -0.25) is 0 Å². The second kappa shape index (κ2) is 5.73. The van der Waals surface area contributed by atoms with E-state index in [1.54, 1.807) is 0 Å². The number of halogens is 3. The maximum absolute atomic E-state index is 12.8. The Morgan fingerprint density at radius 1 is 1.00 bits per heavy atom. The van der Waals surface area contributed by atoms with Crippen molar-refractivity contribution in [3.63, 3.8) is 0 Å². The van der Waals surface area contributed by atoms with Gasteiger partial charge in [-0.05, 0) is 75.7 Å². The lowest BCUT2D eigenvalue weighted by Gasteiger charge is -2.41. The van der Waals surface area contributed by atoms with Crippen LogP contribution in [0.3, 0.4) is 0 Å². The van der Waals surface area contributed by atoms with Gasteiger partial charge in [-0.2, -0.15) is 13.2 Å². The Balaban J connectivity index is 1.52. The zero-order valence-corrected chi connectivity index (χ0v) is 12.6. The summed E-state index contributed by atoms with van der Waals surface area (Å²) in [4.78, 5) is 0. The predicted octanol–water partition coefficient (Wildman–Crippen LogP) is 3.46. The molecule has 5 heteroatoms. The van der Waals surface area contributed by atoms with Crippen molar-refractivity contribution in [2.75, 3.05) is 13.1 Å². The minimum absolute atomic E-state index is 0.227. The van der Waals surface area contributed by atoms with Gasteiger partial charge >= 0.3 is 6.18 Å². The molecule has 0 bridgehead atoms. The summed E-state index contributed by atoms with van der Waals surface area (Å²) in [7, 11) is 0. The largest absolute Gasteiger partial charge is 0.391 e. The van der Waals surface area contributed by atoms with Crippen molar-refractivity contribution in [1.82, 2.24) is 5.32 Å². The summed E-state index contributed by atoms with van der Waals surface area (Å²) in [6.07, 6.45) is 2.92. The molecular formula is C16H27F3N2. The van der Waals surface area contributed by atoms with Gasteiger partial charge in [-0.1, -0.05) is 0 Å². The molecule has 122 valence electrons. The normalized spacial score (nSPS) is 34.4. The van der Waals surface area contributed by atoms with Gasteiger partial charge in [0.25, 0.3) is 0 Å². The van der Waals surface area contributed by atoms with E-state index in [1.165, 1.54) is 25.7 Å². The molecule has 0 aromatic heterocycles. The number of nitrogens with one attached hydrogen (secondary N) is 1. The first-order valence-corrected chi connectivity index (χ1v) is 8.45. The van der Waals surface area contributed by atoms with E-state index in [4.69, 9.17) is 5.73 Å². The van der Waals surface area contributed by atoms with Gasteiger partial charge in [0, 0.05) is 12.1 Å². The quantitative estimate of drug-likeness (QED) is 0.788. The lowest BCUT2D eigenvalue weighted by Crippen LogP contribution is -2.55. The smallest absolute Gasteiger partial charge is 0.329 e. The molecule has 3 aliphatic rings. The Morgan fingerprint density at radius 2 is 1.52 bits per heavy atom. The number of hydrogen-bond donors (Lipinski definition) is 2. The molecule has 3 aliphatic carbocycles. The van der Waals surface area contributed by atoms with Gasteiger partial charge in [-0.25, -0.2) is 0 Å². The molecule has 3 N–H and O–H groups in total. The monoisotopic (exact) mass is 304 g/mol. The first-order chi connectivity index (χ1) is 9.93. The van der Waals surface area contributed by atoms with Crippen molar-refractivity contribution in [2.45, 2.75) is 63.1 Å². The van der Waals surface area contributed by atoms with Crippen LogP contribution in [0.1, 0.15) is 51.4 Å². The molecule has 0 amide bonds. The average molecular weight is 304 g/mol. The van der Waals surface area contributed by atoms with Crippen LogP contribution in [-0.2, 0) is 0 Å². The first kappa shape index (κ1) is 15.6. The minimum atomic E-state index is -4.04. The van der Waals surface area contributed by atoms with Crippen LogP contribution in [0.15, 0.2) is 0 Å². The summed E-state index contributed by atoms with van der Waals surface area (Å²) in [5.41, 5.74) is 5.67. The maximum atomic E-state index is 12.8. The number of alkyl halides is 3. The van der Waals surface area contributed by atoms with E-state index in [9.17, 15) is 13.2 Å². The van der Waals surface area contributed by atoms with E-state index >= 15 is 0 Å². The van der Waals surface area contributed by atoms with E-state index in [0.717, 1.165) is 24.3 Å². The van der Waals surface area contributed by atoms with Crippen molar-refractivity contribution in [3.05, 3.63) is 0 Å². The Bertz CT molecular complexity index is 341. The van der Waals surface area contributed by atoms with Crippen molar-refractivity contribution in [3.8, 4) is 0 Å². The third-order valence-electron chi connectivity index (χ3n) is 5.96. The molecular weight excluding hydrogens is 277 g/mol. The molecule has 3 rings (SSSR count).